The van der Waals surface area contributed by atoms with Crippen molar-refractivity contribution in [2.75, 3.05) is 0 Å². The van der Waals surface area contributed by atoms with Crippen LogP contribution in [0, 0.1) is 0 Å². The van der Waals surface area contributed by atoms with Crippen LogP contribution in [0.2, 0.25) is 10.0 Å². The molecule has 2 aromatic rings. The van der Waals surface area contributed by atoms with Gasteiger partial charge in [0.25, 0.3) is 0 Å². The molecule has 0 fully saturated rings. The normalized spacial score (nSPS) is 10.5. The highest BCUT2D eigenvalue weighted by Gasteiger charge is 2.10. The van der Waals surface area contributed by atoms with E-state index in [9.17, 15) is 4.79 Å². The summed E-state index contributed by atoms with van der Waals surface area (Å²) in [4.78, 5) is 10.9. The summed E-state index contributed by atoms with van der Waals surface area (Å²) < 4.78 is 1.61. The average molecular weight is 270 g/mol. The van der Waals surface area contributed by atoms with Crippen LogP contribution < -0.4 is 0 Å². The summed E-state index contributed by atoms with van der Waals surface area (Å²) in [6.45, 7) is 0.383. The number of rotatable bonds is 3. The van der Waals surface area contributed by atoms with Crippen LogP contribution in [-0.4, -0.2) is 15.6 Å². The standard InChI is InChI=1S/C12H9Cl2NO2/c13-9-3-4-10(14)8(6-9)7-15-5-1-2-11(15)12(16)17/h1-6H,7H2,(H,16,17). The van der Waals surface area contributed by atoms with Gasteiger partial charge in [-0.05, 0) is 35.9 Å². The second-order valence-electron chi connectivity index (χ2n) is 3.56. The number of halogens is 2. The molecule has 17 heavy (non-hydrogen) atoms. The Hall–Kier alpha value is -1.45. The molecule has 5 heteroatoms. The number of nitrogens with zero attached hydrogens (tertiary/aromatic N) is 1. The molecule has 88 valence electrons. The maximum Gasteiger partial charge on any atom is 0.352 e. The molecule has 2 rings (SSSR count). The Bertz CT molecular complexity index is 563. The van der Waals surface area contributed by atoms with Gasteiger partial charge >= 0.3 is 5.97 Å². The third-order valence-corrected chi connectivity index (χ3v) is 3.00. The molecule has 3 nitrogen and oxygen atoms in total. The summed E-state index contributed by atoms with van der Waals surface area (Å²) >= 11 is 11.9. The molecule has 0 saturated carbocycles. The fourth-order valence-electron chi connectivity index (χ4n) is 1.59. The van der Waals surface area contributed by atoms with E-state index in [2.05, 4.69) is 0 Å². The molecule has 1 aromatic carbocycles. The van der Waals surface area contributed by atoms with Crippen LogP contribution in [0.15, 0.2) is 36.5 Å². The molecule has 0 atom stereocenters. The quantitative estimate of drug-likeness (QED) is 0.926. The lowest BCUT2D eigenvalue weighted by molar-refractivity contribution is 0.0685. The molecule has 1 aromatic heterocycles. The van der Waals surface area contributed by atoms with Gasteiger partial charge in [-0.2, -0.15) is 0 Å². The highest BCUT2D eigenvalue weighted by molar-refractivity contribution is 6.33. The van der Waals surface area contributed by atoms with E-state index in [0.29, 0.717) is 16.6 Å². The van der Waals surface area contributed by atoms with E-state index in [4.69, 9.17) is 28.3 Å². The van der Waals surface area contributed by atoms with Gasteiger partial charge in [0.2, 0.25) is 0 Å². The van der Waals surface area contributed by atoms with Gasteiger partial charge in [-0.15, -0.1) is 0 Å². The van der Waals surface area contributed by atoms with Crippen molar-refractivity contribution in [3.63, 3.8) is 0 Å². The van der Waals surface area contributed by atoms with Gasteiger partial charge in [0.05, 0.1) is 0 Å². The first kappa shape index (κ1) is 12.0. The lowest BCUT2D eigenvalue weighted by Crippen LogP contribution is -2.08. The van der Waals surface area contributed by atoms with E-state index >= 15 is 0 Å². The SMILES string of the molecule is O=C(O)c1cccn1Cc1cc(Cl)ccc1Cl. The highest BCUT2D eigenvalue weighted by Crippen LogP contribution is 2.22. The maximum atomic E-state index is 10.9. The van der Waals surface area contributed by atoms with Crippen molar-refractivity contribution in [3.8, 4) is 0 Å². The Morgan fingerprint density at radius 3 is 2.76 bits per heavy atom. The first-order chi connectivity index (χ1) is 8.08. The largest absolute Gasteiger partial charge is 0.477 e. The Morgan fingerprint density at radius 1 is 1.29 bits per heavy atom. The molecule has 0 amide bonds. The van der Waals surface area contributed by atoms with Gasteiger partial charge in [0.1, 0.15) is 5.69 Å². The van der Waals surface area contributed by atoms with E-state index < -0.39 is 5.97 Å². The molecule has 0 aliphatic carbocycles. The lowest BCUT2D eigenvalue weighted by Gasteiger charge is -2.08. The Morgan fingerprint density at radius 2 is 2.06 bits per heavy atom. The third-order valence-electron chi connectivity index (χ3n) is 2.40. The summed E-state index contributed by atoms with van der Waals surface area (Å²) in [5.41, 5.74) is 1.01. The van der Waals surface area contributed by atoms with E-state index in [1.54, 1.807) is 41.1 Å². The Labute approximate surface area is 108 Å². The molecule has 0 saturated heterocycles. The third kappa shape index (κ3) is 2.62. The lowest BCUT2D eigenvalue weighted by atomic mass is 10.2. The van der Waals surface area contributed by atoms with E-state index in [1.807, 2.05) is 0 Å². The number of carboxylic acids is 1. The van der Waals surface area contributed by atoms with E-state index in [-0.39, 0.29) is 5.69 Å². The van der Waals surface area contributed by atoms with Crippen molar-refractivity contribution >= 4 is 29.2 Å². The first-order valence-electron chi connectivity index (χ1n) is 4.90. The number of aromatic carboxylic acids is 1. The fraction of sp³-hybridized carbons (Fsp3) is 0.0833. The van der Waals surface area contributed by atoms with E-state index in [0.717, 1.165) is 5.56 Å². The molecular formula is C12H9Cl2NO2. The minimum Gasteiger partial charge on any atom is -0.477 e. The van der Waals surface area contributed by atoms with E-state index in [1.165, 1.54) is 0 Å². The van der Waals surface area contributed by atoms with Gasteiger partial charge in [0, 0.05) is 22.8 Å². The Kier molecular flexibility index (Phi) is 3.41. The van der Waals surface area contributed by atoms with Crippen LogP contribution in [-0.2, 0) is 6.54 Å². The van der Waals surface area contributed by atoms with Crippen molar-refractivity contribution in [2.24, 2.45) is 0 Å². The highest BCUT2D eigenvalue weighted by atomic mass is 35.5. The summed E-state index contributed by atoms with van der Waals surface area (Å²) in [5.74, 6) is -0.965. The van der Waals surface area contributed by atoms with Gasteiger partial charge in [-0.1, -0.05) is 23.2 Å². The molecular weight excluding hydrogens is 261 g/mol. The van der Waals surface area contributed by atoms with Crippen molar-refractivity contribution in [3.05, 3.63) is 57.8 Å². The molecule has 0 radical (unpaired) electrons. The summed E-state index contributed by atoms with van der Waals surface area (Å²) in [5, 5.41) is 10.1. The van der Waals surface area contributed by atoms with Gasteiger partial charge in [0.15, 0.2) is 0 Å². The molecule has 0 unspecified atom stereocenters. The van der Waals surface area contributed by atoms with Crippen molar-refractivity contribution < 1.29 is 9.90 Å². The summed E-state index contributed by atoms with van der Waals surface area (Å²) in [6.07, 6.45) is 1.70. The van der Waals surface area contributed by atoms with Crippen molar-refractivity contribution in [2.45, 2.75) is 6.54 Å². The number of carbonyl (C=O) groups is 1. The van der Waals surface area contributed by atoms with Gasteiger partial charge < -0.3 is 9.67 Å². The minimum absolute atomic E-state index is 0.223. The molecule has 1 N–H and O–H groups in total. The van der Waals surface area contributed by atoms with Crippen LogP contribution in [0.25, 0.3) is 0 Å². The van der Waals surface area contributed by atoms with Crippen LogP contribution >= 0.6 is 23.2 Å². The van der Waals surface area contributed by atoms with Crippen molar-refractivity contribution in [1.82, 2.24) is 4.57 Å². The second-order valence-corrected chi connectivity index (χ2v) is 4.41. The number of benzene rings is 1. The fourth-order valence-corrected chi connectivity index (χ4v) is 1.97. The molecule has 1 heterocycles. The zero-order valence-electron chi connectivity index (χ0n) is 8.73. The molecule has 0 aliphatic rings. The smallest absolute Gasteiger partial charge is 0.352 e. The van der Waals surface area contributed by atoms with Gasteiger partial charge in [-0.3, -0.25) is 0 Å². The Balaban J connectivity index is 2.34. The molecule has 0 spiro atoms. The summed E-state index contributed by atoms with van der Waals surface area (Å²) in [6, 6.07) is 8.35. The first-order valence-corrected chi connectivity index (χ1v) is 5.66. The zero-order chi connectivity index (χ0) is 12.4. The van der Waals surface area contributed by atoms with Crippen LogP contribution in [0.1, 0.15) is 16.1 Å². The van der Waals surface area contributed by atoms with Crippen molar-refractivity contribution in [1.29, 1.82) is 0 Å². The molecule has 0 bridgehead atoms. The molecule has 0 aliphatic heterocycles. The predicted octanol–water partition coefficient (Wildman–Crippen LogP) is 3.54. The maximum absolute atomic E-state index is 10.9. The van der Waals surface area contributed by atoms with Gasteiger partial charge in [-0.25, -0.2) is 4.79 Å². The van der Waals surface area contributed by atoms with Crippen LogP contribution in [0.4, 0.5) is 0 Å². The number of hydrogen-bond donors (Lipinski definition) is 1. The van der Waals surface area contributed by atoms with Crippen LogP contribution in [0.3, 0.4) is 0 Å². The average Bonchev–Trinajstić information content (AvgIpc) is 2.71. The number of carboxylic acid groups (broad SMARTS) is 1. The van der Waals surface area contributed by atoms with Crippen LogP contribution in [0.5, 0.6) is 0 Å². The number of aromatic nitrogens is 1. The number of hydrogen-bond acceptors (Lipinski definition) is 1. The minimum atomic E-state index is -0.965. The zero-order valence-corrected chi connectivity index (χ0v) is 10.2. The topological polar surface area (TPSA) is 42.2 Å². The monoisotopic (exact) mass is 269 g/mol. The second kappa shape index (κ2) is 4.82. The summed E-state index contributed by atoms with van der Waals surface area (Å²) in [7, 11) is 0. The predicted molar refractivity (Wildman–Crippen MR) is 67.0 cm³/mol.